The van der Waals surface area contributed by atoms with Gasteiger partial charge in [0.2, 0.25) is 0 Å². The molecule has 152 valence electrons. The Balaban J connectivity index is 0.000000687. The minimum absolute atomic E-state index is 0.385. The highest BCUT2D eigenvalue weighted by Gasteiger charge is 2.16. The van der Waals surface area contributed by atoms with E-state index in [0.717, 1.165) is 0 Å². The highest BCUT2D eigenvalue weighted by Crippen LogP contribution is 2.35. The van der Waals surface area contributed by atoms with Gasteiger partial charge in [0.25, 0.3) is 11.0 Å². The summed E-state index contributed by atoms with van der Waals surface area (Å²) in [6, 6.07) is 10.0. The number of aromatic nitrogens is 2. The molecule has 2 heterocycles. The van der Waals surface area contributed by atoms with E-state index >= 15 is 0 Å². The van der Waals surface area contributed by atoms with E-state index in [2.05, 4.69) is 15.5 Å². The molecule has 0 aliphatic carbocycles. The van der Waals surface area contributed by atoms with E-state index in [-0.39, 0.29) is 0 Å². The number of carbonyl (C=O) groups excluding carboxylic acids is 1. The van der Waals surface area contributed by atoms with Gasteiger partial charge in [-0.15, -0.1) is 10.1 Å². The Hall–Kier alpha value is -2.59. The lowest BCUT2D eigenvalue weighted by Gasteiger charge is -2.05. The lowest BCUT2D eigenvalue weighted by atomic mass is 10.1. The Morgan fingerprint density at radius 2 is 1.79 bits per heavy atom. The summed E-state index contributed by atoms with van der Waals surface area (Å²) in [5, 5.41) is 21.1. The van der Waals surface area contributed by atoms with E-state index in [1.165, 1.54) is 6.20 Å². The van der Waals surface area contributed by atoms with Crippen molar-refractivity contribution in [1.29, 1.82) is 0 Å². The van der Waals surface area contributed by atoms with Gasteiger partial charge in [-0.25, -0.2) is 0 Å². The molecule has 0 aliphatic heterocycles. The summed E-state index contributed by atoms with van der Waals surface area (Å²) < 4.78 is 5.33. The summed E-state index contributed by atoms with van der Waals surface area (Å²) in [5.74, 6) is -0.156. The number of hydrogen-bond donors (Lipinski definition) is 2. The number of anilines is 1. The molecular weight excluding hydrogens is 470 g/mol. The summed E-state index contributed by atoms with van der Waals surface area (Å²) >= 11 is 23.4. The van der Waals surface area contributed by atoms with Crippen LogP contribution >= 0.6 is 46.4 Å². The van der Waals surface area contributed by atoms with E-state index < -0.39 is 15.8 Å². The van der Waals surface area contributed by atoms with Crippen molar-refractivity contribution in [3.63, 3.8) is 0 Å². The second-order valence-corrected chi connectivity index (χ2v) is 7.04. The van der Waals surface area contributed by atoms with Gasteiger partial charge in [0.05, 0.1) is 10.0 Å². The Kier molecular flexibility index (Phi) is 8.03. The van der Waals surface area contributed by atoms with E-state index in [9.17, 15) is 4.79 Å². The van der Waals surface area contributed by atoms with E-state index in [1.54, 1.807) is 36.4 Å². The third kappa shape index (κ3) is 6.47. The smallest absolute Gasteiger partial charge is 0.291 e. The van der Waals surface area contributed by atoms with Crippen molar-refractivity contribution in [3.05, 3.63) is 62.8 Å². The quantitative estimate of drug-likeness (QED) is 0.302. The molecule has 0 saturated carbocycles. The van der Waals surface area contributed by atoms with Crippen molar-refractivity contribution in [2.75, 3.05) is 5.32 Å². The van der Waals surface area contributed by atoms with E-state index in [4.69, 9.17) is 66.2 Å². The van der Waals surface area contributed by atoms with Crippen molar-refractivity contribution >= 4 is 58.0 Å². The number of hydrogen-bond acceptors (Lipinski definition) is 6. The maximum atomic E-state index is 11.6. The number of benzene rings is 1. The minimum Gasteiger partial charge on any atom is -0.354 e. The number of carbonyl (C=O) groups is 1. The highest BCUT2D eigenvalue weighted by molar-refractivity contribution is 6.54. The molecular formula is C16H10Cl4N4O5. The number of nitrogens with zero attached hydrogens (tertiary/aromatic N) is 3. The number of halogens is 4. The second-order valence-electron chi connectivity index (χ2n) is 5.13. The van der Waals surface area contributed by atoms with Crippen LogP contribution in [0.4, 0.5) is 5.69 Å². The fraction of sp³-hybridized carbons (Fsp3) is 0.0625. The van der Waals surface area contributed by atoms with Gasteiger partial charge in [-0.3, -0.25) is 9.78 Å². The van der Waals surface area contributed by atoms with Crippen LogP contribution in [-0.2, 0) is 4.79 Å². The third-order valence-electron chi connectivity index (χ3n) is 3.21. The molecule has 2 N–H and O–H groups in total. The van der Waals surface area contributed by atoms with Crippen LogP contribution in [0.25, 0.3) is 22.7 Å². The van der Waals surface area contributed by atoms with Crippen molar-refractivity contribution in [3.8, 4) is 22.7 Å². The lowest BCUT2D eigenvalue weighted by Crippen LogP contribution is -2.18. The average Bonchev–Trinajstić information content (AvgIpc) is 3.11. The average molecular weight is 480 g/mol. The van der Waals surface area contributed by atoms with Crippen molar-refractivity contribution in [2.24, 2.45) is 0 Å². The minimum atomic E-state index is -1.50. The number of rotatable bonds is 4. The number of nitrogens with one attached hydrogen (secondary N) is 1. The zero-order chi connectivity index (χ0) is 21.6. The van der Waals surface area contributed by atoms with Crippen LogP contribution in [0, 0.1) is 10.1 Å². The molecule has 0 saturated heterocycles. The third-order valence-corrected chi connectivity index (χ3v) is 4.23. The van der Waals surface area contributed by atoms with Gasteiger partial charge in [-0.1, -0.05) is 57.6 Å². The van der Waals surface area contributed by atoms with Crippen LogP contribution in [0.5, 0.6) is 0 Å². The molecule has 29 heavy (non-hydrogen) atoms. The van der Waals surface area contributed by atoms with Gasteiger partial charge >= 0.3 is 0 Å². The van der Waals surface area contributed by atoms with Crippen LogP contribution in [0.2, 0.25) is 10.0 Å². The molecule has 1 aromatic carbocycles. The highest BCUT2D eigenvalue weighted by atomic mass is 35.5. The van der Waals surface area contributed by atoms with Crippen LogP contribution < -0.4 is 5.32 Å². The predicted octanol–water partition coefficient (Wildman–Crippen LogP) is 5.10. The van der Waals surface area contributed by atoms with Crippen molar-refractivity contribution in [1.82, 2.24) is 10.1 Å². The summed E-state index contributed by atoms with van der Waals surface area (Å²) in [7, 11) is 0. The first-order valence-electron chi connectivity index (χ1n) is 7.49. The summed E-state index contributed by atoms with van der Waals surface area (Å²) in [6.07, 6.45) is 1.51. The van der Waals surface area contributed by atoms with Gasteiger partial charge in [0.1, 0.15) is 11.4 Å². The van der Waals surface area contributed by atoms with Crippen LogP contribution in [0.1, 0.15) is 0 Å². The molecule has 0 radical (unpaired) electrons. The lowest BCUT2D eigenvalue weighted by molar-refractivity contribution is -0.742. The Morgan fingerprint density at radius 3 is 2.38 bits per heavy atom. The maximum absolute atomic E-state index is 11.6. The Labute approximate surface area is 183 Å². The molecule has 0 atom stereocenters. The molecule has 0 bridgehead atoms. The Bertz CT molecular complexity index is 1000. The topological polar surface area (TPSA) is 131 Å². The molecule has 0 aliphatic rings. The standard InChI is InChI=1S/C16H9Cl4N3O2.HNO3/c17-9-2-1-3-10(18)14(9)12-7-13(25-23-12)11-6-8(4-5-21-11)22-16(24)15(19)20;2-1(3)4/h1-7,15H,(H,21,22,24);(H,2,3,4). The van der Waals surface area contributed by atoms with Gasteiger partial charge in [0, 0.05) is 23.5 Å². The molecule has 0 fully saturated rings. The monoisotopic (exact) mass is 478 g/mol. The fourth-order valence-electron chi connectivity index (χ4n) is 2.10. The number of pyridine rings is 1. The molecule has 3 aromatic rings. The van der Waals surface area contributed by atoms with Gasteiger partial charge in [-0.2, -0.15) is 0 Å². The van der Waals surface area contributed by atoms with E-state index in [0.29, 0.717) is 38.4 Å². The maximum Gasteiger partial charge on any atom is 0.291 e. The van der Waals surface area contributed by atoms with Crippen LogP contribution in [-0.4, -0.2) is 31.2 Å². The SMILES string of the molecule is O=C(Nc1ccnc(-c2cc(-c3c(Cl)cccc3Cl)no2)c1)C(Cl)Cl.O=[N+]([O-])O. The van der Waals surface area contributed by atoms with Crippen LogP contribution in [0.3, 0.4) is 0 Å². The molecule has 0 unspecified atom stereocenters. The van der Waals surface area contributed by atoms with Gasteiger partial charge in [-0.05, 0) is 24.3 Å². The number of alkyl halides is 2. The fourth-order valence-corrected chi connectivity index (χ4v) is 2.80. The summed E-state index contributed by atoms with van der Waals surface area (Å²) in [6.45, 7) is 0. The predicted molar refractivity (Wildman–Crippen MR) is 108 cm³/mol. The first-order chi connectivity index (χ1) is 13.7. The molecule has 3 rings (SSSR count). The molecule has 13 heteroatoms. The molecule has 1 amide bonds. The van der Waals surface area contributed by atoms with Crippen molar-refractivity contribution < 1.29 is 19.6 Å². The molecule has 2 aromatic heterocycles. The zero-order valence-corrected chi connectivity index (χ0v) is 17.1. The largest absolute Gasteiger partial charge is 0.354 e. The first kappa shape index (κ1) is 22.7. The van der Waals surface area contributed by atoms with Gasteiger partial charge in [0.15, 0.2) is 10.6 Å². The van der Waals surface area contributed by atoms with Crippen LogP contribution in [0.15, 0.2) is 47.1 Å². The number of amides is 1. The zero-order valence-electron chi connectivity index (χ0n) is 14.1. The normalized spacial score (nSPS) is 10.2. The van der Waals surface area contributed by atoms with Crippen molar-refractivity contribution in [2.45, 2.75) is 4.84 Å². The van der Waals surface area contributed by atoms with E-state index in [1.807, 2.05) is 0 Å². The Morgan fingerprint density at radius 1 is 1.17 bits per heavy atom. The molecule has 9 nitrogen and oxygen atoms in total. The summed E-state index contributed by atoms with van der Waals surface area (Å²) in [4.78, 5) is 23.0. The van der Waals surface area contributed by atoms with Gasteiger partial charge < -0.3 is 15.0 Å². The second kappa shape index (κ2) is 10.3. The summed E-state index contributed by atoms with van der Waals surface area (Å²) in [5.41, 5.74) is 1.97. The first-order valence-corrected chi connectivity index (χ1v) is 9.11. The molecule has 0 spiro atoms.